The highest BCUT2D eigenvalue weighted by Gasteiger charge is 2.46. The van der Waals surface area contributed by atoms with Gasteiger partial charge >= 0.3 is 14.7 Å². The minimum atomic E-state index is -3.49. The van der Waals surface area contributed by atoms with Gasteiger partial charge in [0.1, 0.15) is 0 Å². The molecular weight excluding hydrogens is 273 g/mol. The number of rotatable bonds is 3. The smallest absolute Gasteiger partial charge is 0.311 e. The van der Waals surface area contributed by atoms with Gasteiger partial charge in [-0.25, -0.2) is 0 Å². The summed E-state index contributed by atoms with van der Waals surface area (Å²) in [5.41, 5.74) is -0.420. The minimum absolute atomic E-state index is 0.112. The number of fused-ring (bicyclic) bond motifs is 3. The first kappa shape index (κ1) is 11.6. The van der Waals surface area contributed by atoms with Crippen LogP contribution in [-0.2, 0) is 22.7 Å². The highest BCUT2D eigenvalue weighted by molar-refractivity contribution is 8.05. The van der Waals surface area contributed by atoms with Crippen LogP contribution in [0, 0.1) is 5.41 Å². The lowest BCUT2D eigenvalue weighted by molar-refractivity contribution is -0.0907. The predicted molar refractivity (Wildman–Crippen MR) is 52.5 cm³/mol. The van der Waals surface area contributed by atoms with Gasteiger partial charge in [-0.1, -0.05) is 0 Å². The monoisotopic (exact) mass is 280 g/mol. The Bertz CT molecular complexity index is 247. The third-order valence-corrected chi connectivity index (χ3v) is 3.98. The van der Waals surface area contributed by atoms with Crippen LogP contribution in [0.3, 0.4) is 0 Å². The fourth-order valence-corrected chi connectivity index (χ4v) is 3.22. The van der Waals surface area contributed by atoms with E-state index in [-0.39, 0.29) is 6.61 Å². The van der Waals surface area contributed by atoms with E-state index >= 15 is 0 Å². The summed E-state index contributed by atoms with van der Waals surface area (Å²) in [4.78, 5) is 0. The molecule has 0 aromatic heterocycles. The highest BCUT2D eigenvalue weighted by Crippen LogP contribution is 2.60. The normalized spacial score (nSPS) is 37.4. The van der Waals surface area contributed by atoms with E-state index in [4.69, 9.17) is 40.6 Å². The van der Waals surface area contributed by atoms with Gasteiger partial charge in [-0.2, -0.15) is 0 Å². The Morgan fingerprint density at radius 3 is 2.21 bits per heavy atom. The molecule has 3 aliphatic rings. The zero-order chi connectivity index (χ0) is 10.2. The molecule has 0 aliphatic carbocycles. The first-order valence-corrected chi connectivity index (χ1v) is 8.35. The van der Waals surface area contributed by atoms with Gasteiger partial charge < -0.3 is 18.1 Å². The van der Waals surface area contributed by atoms with Gasteiger partial charge in [-0.05, 0) is 22.5 Å². The van der Waals surface area contributed by atoms with Crippen molar-refractivity contribution >= 4 is 37.2 Å². The zero-order valence-electron chi connectivity index (χ0n) is 7.02. The molecule has 3 heterocycles. The van der Waals surface area contributed by atoms with Crippen LogP contribution in [0.1, 0.15) is 0 Å². The molecule has 5 nitrogen and oxygen atoms in total. The van der Waals surface area contributed by atoms with Crippen molar-refractivity contribution in [2.75, 3.05) is 26.4 Å². The Balaban J connectivity index is 1.92. The molecule has 0 unspecified atom stereocenters. The summed E-state index contributed by atoms with van der Waals surface area (Å²) in [5, 5.41) is 0. The maximum atomic E-state index is 10.9. The molecule has 0 aromatic rings. The van der Waals surface area contributed by atoms with E-state index < -0.39 is 20.1 Å². The van der Waals surface area contributed by atoms with Crippen molar-refractivity contribution in [2.45, 2.75) is 0 Å². The molecule has 0 spiro atoms. The van der Waals surface area contributed by atoms with E-state index in [0.29, 0.717) is 19.8 Å². The second-order valence-electron chi connectivity index (χ2n) is 3.23. The summed E-state index contributed by atoms with van der Waals surface area (Å²) in [5.74, 6) is 0. The number of hydrogen-bond donors (Lipinski definition) is 0. The third kappa shape index (κ3) is 2.81. The quantitative estimate of drug-likeness (QED) is 0.744. The van der Waals surface area contributed by atoms with Crippen LogP contribution in [0.25, 0.3) is 0 Å². The first-order valence-electron chi connectivity index (χ1n) is 3.82. The van der Waals surface area contributed by atoms with E-state index in [1.165, 1.54) is 0 Å². The van der Waals surface area contributed by atoms with Gasteiger partial charge in [0.05, 0.1) is 31.8 Å². The largest absolute Gasteiger partial charge is 0.380 e. The van der Waals surface area contributed by atoms with Crippen LogP contribution in [0.15, 0.2) is 0 Å². The van der Waals surface area contributed by atoms with Crippen molar-refractivity contribution in [2.24, 2.45) is 5.41 Å². The Morgan fingerprint density at radius 2 is 1.79 bits per heavy atom. The topological polar surface area (TPSA) is 54.0 Å². The molecule has 0 atom stereocenters. The van der Waals surface area contributed by atoms with E-state index in [0.717, 1.165) is 0 Å². The zero-order valence-corrected chi connectivity index (χ0v) is 10.3. The fraction of sp³-hybridized carbons (Fsp3) is 1.00. The highest BCUT2D eigenvalue weighted by atomic mass is 35.9. The van der Waals surface area contributed by atoms with Crippen molar-refractivity contribution < 1.29 is 22.7 Å². The molecule has 0 radical (unpaired) electrons. The maximum absolute atomic E-state index is 10.9. The van der Waals surface area contributed by atoms with Crippen LogP contribution in [0.5, 0.6) is 0 Å². The van der Waals surface area contributed by atoms with Crippen LogP contribution in [0.4, 0.5) is 0 Å². The van der Waals surface area contributed by atoms with Gasteiger partial charge in [0.25, 0.3) is 0 Å². The lowest BCUT2D eigenvalue weighted by Crippen LogP contribution is -2.46. The van der Waals surface area contributed by atoms with E-state index in [9.17, 15) is 4.57 Å². The summed E-state index contributed by atoms with van der Waals surface area (Å²) in [6.45, 7) is 1.51. The second kappa shape index (κ2) is 4.15. The van der Waals surface area contributed by atoms with Gasteiger partial charge in [0.15, 0.2) is 0 Å². The molecule has 9 heteroatoms. The molecule has 0 saturated carbocycles. The van der Waals surface area contributed by atoms with E-state index in [1.807, 2.05) is 0 Å². The van der Waals surface area contributed by atoms with Crippen molar-refractivity contribution in [1.29, 1.82) is 0 Å². The Kier molecular flexibility index (Phi) is 3.43. The van der Waals surface area contributed by atoms with Crippen LogP contribution in [0.2, 0.25) is 0 Å². The molecule has 3 saturated heterocycles. The Labute approximate surface area is 92.0 Å². The Morgan fingerprint density at radius 1 is 1.29 bits per heavy atom. The van der Waals surface area contributed by atoms with E-state index in [2.05, 4.69) is 0 Å². The molecule has 0 amide bonds. The van der Waals surface area contributed by atoms with Crippen LogP contribution in [-0.4, -0.2) is 26.4 Å². The second-order valence-corrected chi connectivity index (χ2v) is 8.73. The summed E-state index contributed by atoms with van der Waals surface area (Å²) >= 11 is 10.5. The predicted octanol–water partition coefficient (Wildman–Crippen LogP) is 2.88. The van der Waals surface area contributed by atoms with Crippen LogP contribution < -0.4 is 0 Å². The molecule has 82 valence electrons. The third-order valence-electron chi connectivity index (χ3n) is 1.95. The molecule has 3 aliphatic heterocycles. The lowest BCUT2D eigenvalue weighted by Gasteiger charge is -2.43. The van der Waals surface area contributed by atoms with Gasteiger partial charge in [0, 0.05) is 0 Å². The molecular formula is C5H8Cl2O5P2. The average Bonchev–Trinajstić information content (AvgIpc) is 2.17. The fourth-order valence-electron chi connectivity index (χ4n) is 1.14. The number of hydrogen-bond acceptors (Lipinski definition) is 5. The molecule has 3 fully saturated rings. The molecule has 0 aromatic carbocycles. The van der Waals surface area contributed by atoms with Gasteiger partial charge in [-0.15, -0.1) is 0 Å². The van der Waals surface area contributed by atoms with Gasteiger partial charge in [-0.3, -0.25) is 4.57 Å². The summed E-state index contributed by atoms with van der Waals surface area (Å²) in [7, 11) is -1.16. The van der Waals surface area contributed by atoms with Crippen LogP contribution >= 0.6 is 37.2 Å². The van der Waals surface area contributed by atoms with Crippen molar-refractivity contribution in [3.8, 4) is 0 Å². The standard InChI is InChI=1S/C5H8Cl2O5P2/c6-14(7,8)12-4-5-1-9-13(10-2-5)11-3-5/h1-4H2. The first-order chi connectivity index (χ1) is 6.49. The Hall–Kier alpha value is 1.08. The summed E-state index contributed by atoms with van der Waals surface area (Å²) in [6.07, 6.45) is -3.49. The van der Waals surface area contributed by atoms with Gasteiger partial charge in [0.2, 0.25) is 0 Å². The summed E-state index contributed by atoms with van der Waals surface area (Å²) in [6, 6.07) is 0. The molecule has 0 N–H and O–H groups in total. The number of halogens is 2. The molecule has 2 bridgehead atoms. The minimum Gasteiger partial charge on any atom is -0.311 e. The maximum Gasteiger partial charge on any atom is 0.380 e. The lowest BCUT2D eigenvalue weighted by atomic mass is 9.93. The average molecular weight is 281 g/mol. The van der Waals surface area contributed by atoms with Crippen molar-refractivity contribution in [1.82, 2.24) is 0 Å². The molecule has 14 heavy (non-hydrogen) atoms. The van der Waals surface area contributed by atoms with Crippen molar-refractivity contribution in [3.63, 3.8) is 0 Å². The SMILES string of the molecule is O=P(Cl)(Cl)OCC12COP(OC1)OC2. The summed E-state index contributed by atoms with van der Waals surface area (Å²) < 4.78 is 31.4. The molecule has 3 rings (SSSR count). The van der Waals surface area contributed by atoms with E-state index in [1.54, 1.807) is 0 Å². The van der Waals surface area contributed by atoms with Crippen molar-refractivity contribution in [3.05, 3.63) is 0 Å².